The van der Waals surface area contributed by atoms with Gasteiger partial charge >= 0.3 is 5.97 Å². The van der Waals surface area contributed by atoms with Gasteiger partial charge in [0.05, 0.1) is 39.6 Å². The highest BCUT2D eigenvalue weighted by Gasteiger charge is 2.22. The van der Waals surface area contributed by atoms with Crippen LogP contribution < -0.4 is 10.2 Å². The Morgan fingerprint density at radius 1 is 1.33 bits per heavy atom. The van der Waals surface area contributed by atoms with E-state index in [1.807, 2.05) is 4.90 Å². The molecule has 1 N–H and O–H groups in total. The van der Waals surface area contributed by atoms with Crippen LogP contribution in [0.25, 0.3) is 0 Å². The Bertz CT molecular complexity index is 515. The second kappa shape index (κ2) is 6.23. The lowest BCUT2D eigenvalue weighted by Crippen LogP contribution is -2.41. The molecule has 21 heavy (non-hydrogen) atoms. The smallest absolute Gasteiger partial charge is 0.356 e. The van der Waals surface area contributed by atoms with Crippen molar-refractivity contribution in [1.82, 2.24) is 9.97 Å². The van der Waals surface area contributed by atoms with Crippen LogP contribution in [0.3, 0.4) is 0 Å². The first-order valence-electron chi connectivity index (χ1n) is 6.90. The Kier molecular flexibility index (Phi) is 4.16. The Labute approximate surface area is 122 Å². The van der Waals surface area contributed by atoms with Crippen molar-refractivity contribution >= 4 is 17.7 Å². The number of rotatable bonds is 4. The van der Waals surface area contributed by atoms with E-state index < -0.39 is 5.97 Å². The zero-order valence-electron chi connectivity index (χ0n) is 11.9. The Morgan fingerprint density at radius 3 is 2.71 bits per heavy atom. The maximum absolute atomic E-state index is 11.8. The monoisotopic (exact) mass is 294 g/mol. The third-order valence-electron chi connectivity index (χ3n) is 3.39. The minimum absolute atomic E-state index is 0.225. The molecule has 2 saturated heterocycles. The third-order valence-corrected chi connectivity index (χ3v) is 3.39. The first-order chi connectivity index (χ1) is 10.3. The van der Waals surface area contributed by atoms with Gasteiger partial charge in [-0.05, 0) is 0 Å². The predicted molar refractivity (Wildman–Crippen MR) is 74.6 cm³/mol. The number of morpholine rings is 1. The first-order valence-corrected chi connectivity index (χ1v) is 6.90. The molecule has 3 rings (SSSR count). The van der Waals surface area contributed by atoms with Crippen molar-refractivity contribution in [3.05, 3.63) is 11.8 Å². The Hall–Kier alpha value is -1.93. The quantitative estimate of drug-likeness (QED) is 0.771. The number of aromatic nitrogens is 2. The lowest BCUT2D eigenvalue weighted by Gasteiger charge is -2.29. The van der Waals surface area contributed by atoms with Crippen LogP contribution in [0.4, 0.5) is 11.8 Å². The molecule has 0 aromatic carbocycles. The molecule has 0 bridgehead atoms. The van der Waals surface area contributed by atoms with Gasteiger partial charge in [-0.25, -0.2) is 9.78 Å². The Morgan fingerprint density at radius 2 is 2.10 bits per heavy atom. The van der Waals surface area contributed by atoms with Crippen LogP contribution in [0.2, 0.25) is 0 Å². The third kappa shape index (κ3) is 3.22. The van der Waals surface area contributed by atoms with Crippen molar-refractivity contribution in [2.75, 3.05) is 56.8 Å². The molecule has 0 aliphatic carbocycles. The van der Waals surface area contributed by atoms with Crippen LogP contribution in [-0.2, 0) is 14.2 Å². The fourth-order valence-corrected chi connectivity index (χ4v) is 2.15. The largest absolute Gasteiger partial charge is 0.464 e. The van der Waals surface area contributed by atoms with E-state index in [0.29, 0.717) is 51.3 Å². The lowest BCUT2D eigenvalue weighted by molar-refractivity contribution is 0.0209. The van der Waals surface area contributed by atoms with Crippen LogP contribution in [0.5, 0.6) is 0 Å². The highest BCUT2D eigenvalue weighted by Crippen LogP contribution is 2.18. The number of anilines is 2. The van der Waals surface area contributed by atoms with E-state index in [1.165, 1.54) is 7.11 Å². The second-order valence-electron chi connectivity index (χ2n) is 4.91. The summed E-state index contributed by atoms with van der Waals surface area (Å²) in [6.07, 6.45) is 0. The zero-order valence-corrected chi connectivity index (χ0v) is 11.9. The summed E-state index contributed by atoms with van der Waals surface area (Å²) in [5.74, 6) is 0.656. The van der Waals surface area contributed by atoms with Crippen molar-refractivity contribution in [3.63, 3.8) is 0 Å². The summed E-state index contributed by atoms with van der Waals surface area (Å²) in [5.41, 5.74) is 0.247. The van der Waals surface area contributed by atoms with Crippen molar-refractivity contribution in [2.45, 2.75) is 6.04 Å². The van der Waals surface area contributed by atoms with Crippen LogP contribution in [-0.4, -0.2) is 68.6 Å². The summed E-state index contributed by atoms with van der Waals surface area (Å²) >= 11 is 0. The first kappa shape index (κ1) is 14.0. The molecule has 1 aromatic heterocycles. The van der Waals surface area contributed by atoms with E-state index >= 15 is 0 Å². The number of nitrogens with zero attached hydrogens (tertiary/aromatic N) is 3. The lowest BCUT2D eigenvalue weighted by atomic mass is 10.2. The average molecular weight is 294 g/mol. The van der Waals surface area contributed by atoms with Gasteiger partial charge < -0.3 is 24.4 Å². The van der Waals surface area contributed by atoms with Crippen molar-refractivity contribution in [3.8, 4) is 0 Å². The van der Waals surface area contributed by atoms with Crippen molar-refractivity contribution < 1.29 is 19.0 Å². The number of carbonyl (C=O) groups is 1. The number of hydrogen-bond donors (Lipinski definition) is 1. The number of esters is 1. The normalized spacial score (nSPS) is 19.0. The molecule has 0 radical (unpaired) electrons. The van der Waals surface area contributed by atoms with E-state index in [0.717, 1.165) is 0 Å². The number of hydrogen-bond acceptors (Lipinski definition) is 8. The number of ether oxygens (including phenoxy) is 3. The van der Waals surface area contributed by atoms with E-state index in [2.05, 4.69) is 15.3 Å². The van der Waals surface area contributed by atoms with Gasteiger partial charge in [-0.2, -0.15) is 4.98 Å². The van der Waals surface area contributed by atoms with Crippen LogP contribution in [0, 0.1) is 0 Å². The van der Waals surface area contributed by atoms with Gasteiger partial charge in [-0.15, -0.1) is 0 Å². The molecule has 0 atom stereocenters. The highest BCUT2D eigenvalue weighted by atomic mass is 16.5. The number of carbonyl (C=O) groups excluding carboxylic acids is 1. The topological polar surface area (TPSA) is 85.8 Å². The van der Waals surface area contributed by atoms with Crippen molar-refractivity contribution in [2.24, 2.45) is 0 Å². The van der Waals surface area contributed by atoms with Gasteiger partial charge in [0, 0.05) is 19.2 Å². The summed E-state index contributed by atoms with van der Waals surface area (Å²) in [4.78, 5) is 22.5. The molecule has 1 aromatic rings. The molecule has 0 saturated carbocycles. The molecule has 3 heterocycles. The van der Waals surface area contributed by atoms with Gasteiger partial charge in [0.1, 0.15) is 5.82 Å². The second-order valence-corrected chi connectivity index (χ2v) is 4.91. The fraction of sp³-hybridized carbons (Fsp3) is 0.615. The van der Waals surface area contributed by atoms with E-state index in [1.54, 1.807) is 6.07 Å². The molecule has 2 fully saturated rings. The number of nitrogens with one attached hydrogen (secondary N) is 1. The van der Waals surface area contributed by atoms with Gasteiger partial charge in [0.15, 0.2) is 5.69 Å². The van der Waals surface area contributed by atoms with E-state index in [9.17, 15) is 4.79 Å². The molecule has 8 heteroatoms. The van der Waals surface area contributed by atoms with Crippen LogP contribution in [0.1, 0.15) is 10.5 Å². The van der Waals surface area contributed by atoms with Gasteiger partial charge in [0.25, 0.3) is 0 Å². The molecule has 0 unspecified atom stereocenters. The minimum atomic E-state index is -0.472. The number of methoxy groups -OCH3 is 1. The maximum atomic E-state index is 11.8. The summed E-state index contributed by atoms with van der Waals surface area (Å²) in [5, 5.41) is 3.24. The molecule has 2 aliphatic rings. The molecule has 114 valence electrons. The van der Waals surface area contributed by atoms with Crippen LogP contribution in [0.15, 0.2) is 6.07 Å². The Balaban J connectivity index is 1.85. The maximum Gasteiger partial charge on any atom is 0.356 e. The predicted octanol–water partition coefficient (Wildman–Crippen LogP) is -0.0895. The summed E-state index contributed by atoms with van der Waals surface area (Å²) in [6.45, 7) is 3.96. The fourth-order valence-electron chi connectivity index (χ4n) is 2.15. The van der Waals surface area contributed by atoms with E-state index in [-0.39, 0.29) is 11.7 Å². The zero-order chi connectivity index (χ0) is 14.7. The molecule has 0 amide bonds. The average Bonchev–Trinajstić information content (AvgIpc) is 2.50. The SMILES string of the molecule is COC(=O)c1cc(NC2COC2)nc(N2CCOCC2)n1. The highest BCUT2D eigenvalue weighted by molar-refractivity contribution is 5.88. The van der Waals surface area contributed by atoms with Gasteiger partial charge in [-0.1, -0.05) is 0 Å². The molecule has 8 nitrogen and oxygen atoms in total. The van der Waals surface area contributed by atoms with Crippen molar-refractivity contribution in [1.29, 1.82) is 0 Å². The molecular weight excluding hydrogens is 276 g/mol. The molecule has 2 aliphatic heterocycles. The summed E-state index contributed by atoms with van der Waals surface area (Å²) in [7, 11) is 1.34. The van der Waals surface area contributed by atoms with E-state index in [4.69, 9.17) is 14.2 Å². The van der Waals surface area contributed by atoms with Crippen LogP contribution >= 0.6 is 0 Å². The molecular formula is C13H18N4O4. The summed E-state index contributed by atoms with van der Waals surface area (Å²) < 4.78 is 15.2. The minimum Gasteiger partial charge on any atom is -0.464 e. The van der Waals surface area contributed by atoms with Gasteiger partial charge in [0.2, 0.25) is 5.95 Å². The molecule has 0 spiro atoms. The standard InChI is InChI=1S/C13H18N4O4/c1-19-12(18)10-6-11(14-9-7-21-8-9)16-13(15-10)17-2-4-20-5-3-17/h6,9H,2-5,7-8H2,1H3,(H,14,15,16). The summed E-state index contributed by atoms with van der Waals surface area (Å²) in [6, 6.07) is 1.83. The van der Waals surface area contributed by atoms with Gasteiger partial charge in [-0.3, -0.25) is 0 Å².